The SMILES string of the molecule is C=CC=CO[Si](C)(C)CCc1ccccc1. The van der Waals surface area contributed by atoms with Crippen molar-refractivity contribution in [2.24, 2.45) is 0 Å². The molecule has 0 amide bonds. The molecule has 0 N–H and O–H groups in total. The van der Waals surface area contributed by atoms with Gasteiger partial charge in [-0.3, -0.25) is 0 Å². The van der Waals surface area contributed by atoms with E-state index >= 15 is 0 Å². The number of hydrogen-bond donors (Lipinski definition) is 0. The quantitative estimate of drug-likeness (QED) is 0.407. The van der Waals surface area contributed by atoms with Gasteiger partial charge < -0.3 is 4.43 Å². The average Bonchev–Trinajstić information content (AvgIpc) is 2.28. The van der Waals surface area contributed by atoms with Gasteiger partial charge in [-0.1, -0.05) is 43.0 Å². The molecule has 1 rings (SSSR count). The molecule has 0 aliphatic carbocycles. The van der Waals surface area contributed by atoms with Crippen molar-refractivity contribution in [2.75, 3.05) is 0 Å². The highest BCUT2D eigenvalue weighted by Crippen LogP contribution is 2.15. The van der Waals surface area contributed by atoms with Crippen molar-refractivity contribution < 1.29 is 4.43 Å². The smallest absolute Gasteiger partial charge is 0.244 e. The van der Waals surface area contributed by atoms with Gasteiger partial charge in [0.2, 0.25) is 8.32 Å². The van der Waals surface area contributed by atoms with Crippen LogP contribution in [0.3, 0.4) is 0 Å². The van der Waals surface area contributed by atoms with Gasteiger partial charge in [0.1, 0.15) is 0 Å². The molecule has 16 heavy (non-hydrogen) atoms. The van der Waals surface area contributed by atoms with Crippen LogP contribution in [0.2, 0.25) is 19.1 Å². The van der Waals surface area contributed by atoms with Crippen molar-refractivity contribution in [2.45, 2.75) is 25.6 Å². The summed E-state index contributed by atoms with van der Waals surface area (Å²) >= 11 is 0. The largest absolute Gasteiger partial charge is 0.549 e. The normalized spacial score (nSPS) is 11.6. The Kier molecular flexibility index (Phi) is 5.06. The van der Waals surface area contributed by atoms with Crippen LogP contribution in [0.15, 0.2) is 55.3 Å². The van der Waals surface area contributed by atoms with E-state index in [9.17, 15) is 0 Å². The highest BCUT2D eigenvalue weighted by Gasteiger charge is 2.22. The maximum Gasteiger partial charge on any atom is 0.244 e. The van der Waals surface area contributed by atoms with Crippen LogP contribution in [0.1, 0.15) is 5.56 Å². The van der Waals surface area contributed by atoms with Gasteiger partial charge in [0.05, 0.1) is 6.26 Å². The van der Waals surface area contributed by atoms with E-state index in [-0.39, 0.29) is 0 Å². The number of aryl methyl sites for hydroxylation is 1. The molecule has 0 spiro atoms. The van der Waals surface area contributed by atoms with Crippen molar-refractivity contribution in [3.63, 3.8) is 0 Å². The number of allylic oxidation sites excluding steroid dienone is 2. The highest BCUT2D eigenvalue weighted by atomic mass is 28.4. The van der Waals surface area contributed by atoms with Crippen molar-refractivity contribution in [3.05, 3.63) is 60.9 Å². The summed E-state index contributed by atoms with van der Waals surface area (Å²) in [7, 11) is -1.56. The van der Waals surface area contributed by atoms with Crippen LogP contribution >= 0.6 is 0 Å². The van der Waals surface area contributed by atoms with Gasteiger partial charge in [-0.2, -0.15) is 0 Å². The number of benzene rings is 1. The summed E-state index contributed by atoms with van der Waals surface area (Å²) in [6, 6.07) is 11.7. The third-order valence-corrected chi connectivity index (χ3v) is 4.69. The predicted octanol–water partition coefficient (Wildman–Crippen LogP) is 4.15. The molecular formula is C14H20OSi. The van der Waals surface area contributed by atoms with E-state index in [2.05, 4.69) is 50.0 Å². The zero-order valence-electron chi connectivity index (χ0n) is 10.1. The van der Waals surface area contributed by atoms with Crippen molar-refractivity contribution in [3.8, 4) is 0 Å². The van der Waals surface area contributed by atoms with Crippen LogP contribution in [-0.2, 0) is 10.8 Å². The lowest BCUT2D eigenvalue weighted by molar-refractivity contribution is 0.470. The highest BCUT2D eigenvalue weighted by molar-refractivity contribution is 6.71. The van der Waals surface area contributed by atoms with Crippen molar-refractivity contribution in [1.29, 1.82) is 0 Å². The average molecular weight is 232 g/mol. The van der Waals surface area contributed by atoms with Crippen molar-refractivity contribution in [1.82, 2.24) is 0 Å². The summed E-state index contributed by atoms with van der Waals surface area (Å²) in [6.07, 6.45) is 6.45. The van der Waals surface area contributed by atoms with E-state index in [0.717, 1.165) is 12.5 Å². The van der Waals surface area contributed by atoms with Gasteiger partial charge in [-0.05, 0) is 37.2 Å². The fraction of sp³-hybridized carbons (Fsp3) is 0.286. The Labute approximate surface area is 99.6 Å². The van der Waals surface area contributed by atoms with Gasteiger partial charge in [0, 0.05) is 0 Å². The molecule has 0 saturated heterocycles. The van der Waals surface area contributed by atoms with E-state index in [1.807, 2.05) is 6.08 Å². The molecule has 1 nitrogen and oxygen atoms in total. The third-order valence-electron chi connectivity index (χ3n) is 2.46. The molecule has 0 radical (unpaired) electrons. The third kappa shape index (κ3) is 4.98. The van der Waals surface area contributed by atoms with Crippen LogP contribution in [0.25, 0.3) is 0 Å². The fourth-order valence-electron chi connectivity index (χ4n) is 1.43. The van der Waals surface area contributed by atoms with Gasteiger partial charge in [-0.25, -0.2) is 0 Å². The Morgan fingerprint density at radius 2 is 1.94 bits per heavy atom. The zero-order valence-corrected chi connectivity index (χ0v) is 11.1. The summed E-state index contributed by atoms with van der Waals surface area (Å²) in [5.41, 5.74) is 1.39. The van der Waals surface area contributed by atoms with Crippen LogP contribution in [-0.4, -0.2) is 8.32 Å². The second-order valence-corrected chi connectivity index (χ2v) is 8.68. The van der Waals surface area contributed by atoms with E-state index in [1.165, 1.54) is 5.56 Å². The van der Waals surface area contributed by atoms with Crippen LogP contribution in [0, 0.1) is 0 Å². The minimum absolute atomic E-state index is 1.10. The lowest BCUT2D eigenvalue weighted by Gasteiger charge is -2.21. The molecule has 0 unspecified atom stereocenters. The fourth-order valence-corrected chi connectivity index (χ4v) is 2.88. The summed E-state index contributed by atoms with van der Waals surface area (Å²) < 4.78 is 5.78. The molecule has 0 aromatic heterocycles. The van der Waals surface area contributed by atoms with E-state index in [1.54, 1.807) is 12.3 Å². The standard InChI is InChI=1S/C14H20OSi/c1-4-5-12-15-16(2,3)13-11-14-9-7-6-8-10-14/h4-10,12H,1,11,13H2,2-3H3. The minimum Gasteiger partial charge on any atom is -0.549 e. The molecule has 1 aromatic rings. The zero-order chi connectivity index (χ0) is 11.9. The first-order valence-electron chi connectivity index (χ1n) is 5.63. The van der Waals surface area contributed by atoms with Gasteiger partial charge in [-0.15, -0.1) is 0 Å². The molecule has 0 saturated carbocycles. The molecular weight excluding hydrogens is 212 g/mol. The molecule has 2 heteroatoms. The number of hydrogen-bond acceptors (Lipinski definition) is 1. The summed E-state index contributed by atoms with van der Waals surface area (Å²) in [5.74, 6) is 0. The Bertz CT molecular complexity index is 341. The molecule has 0 heterocycles. The van der Waals surface area contributed by atoms with Crippen molar-refractivity contribution >= 4 is 8.32 Å². The molecule has 0 fully saturated rings. The second kappa shape index (κ2) is 6.33. The maximum absolute atomic E-state index is 5.78. The monoisotopic (exact) mass is 232 g/mol. The molecule has 86 valence electrons. The summed E-state index contributed by atoms with van der Waals surface area (Å²) in [6.45, 7) is 8.10. The van der Waals surface area contributed by atoms with Crippen LogP contribution in [0.5, 0.6) is 0 Å². The van der Waals surface area contributed by atoms with Gasteiger partial charge in [0.15, 0.2) is 0 Å². The first-order chi connectivity index (χ1) is 7.64. The van der Waals surface area contributed by atoms with E-state index in [0.29, 0.717) is 0 Å². The minimum atomic E-state index is -1.56. The number of rotatable bonds is 6. The Morgan fingerprint density at radius 3 is 2.56 bits per heavy atom. The lowest BCUT2D eigenvalue weighted by Crippen LogP contribution is -2.28. The Morgan fingerprint density at radius 1 is 1.25 bits per heavy atom. The molecule has 1 aromatic carbocycles. The lowest BCUT2D eigenvalue weighted by atomic mass is 10.2. The Balaban J connectivity index is 2.41. The van der Waals surface area contributed by atoms with E-state index < -0.39 is 8.32 Å². The topological polar surface area (TPSA) is 9.23 Å². The van der Waals surface area contributed by atoms with Crippen LogP contribution in [0.4, 0.5) is 0 Å². The van der Waals surface area contributed by atoms with Gasteiger partial charge in [0.25, 0.3) is 0 Å². The summed E-state index contributed by atoms with van der Waals surface area (Å²) in [5, 5.41) is 0. The molecule has 0 bridgehead atoms. The first kappa shape index (κ1) is 12.8. The molecule has 0 aliphatic heterocycles. The molecule has 0 aliphatic rings. The predicted molar refractivity (Wildman–Crippen MR) is 72.9 cm³/mol. The molecule has 0 atom stereocenters. The van der Waals surface area contributed by atoms with E-state index in [4.69, 9.17) is 4.43 Å². The second-order valence-electron chi connectivity index (χ2n) is 4.43. The first-order valence-corrected chi connectivity index (χ1v) is 8.75. The maximum atomic E-state index is 5.78. The van der Waals surface area contributed by atoms with Crippen LogP contribution < -0.4 is 0 Å². The van der Waals surface area contributed by atoms with Gasteiger partial charge >= 0.3 is 0 Å². The summed E-state index contributed by atoms with van der Waals surface area (Å²) in [4.78, 5) is 0. The Hall–Kier alpha value is -1.28.